The number of hydrogen-bond donors (Lipinski definition) is 2. The standard InChI is InChI=1S/C14H24N2O3S/c1-12(2)16(7-9-17)8-10-20(18,19)14-5-3-13(11-15)4-6-14/h3-6,12,17H,7-11,15H2,1-2H3. The molecule has 0 amide bonds. The normalized spacial score (nSPS) is 12.3. The van der Waals surface area contributed by atoms with Gasteiger partial charge in [-0.25, -0.2) is 8.42 Å². The summed E-state index contributed by atoms with van der Waals surface area (Å²) in [5.74, 6) is 0.0488. The van der Waals surface area contributed by atoms with E-state index < -0.39 is 9.84 Å². The van der Waals surface area contributed by atoms with Crippen molar-refractivity contribution in [2.75, 3.05) is 25.4 Å². The third-order valence-electron chi connectivity index (χ3n) is 3.28. The van der Waals surface area contributed by atoms with Crippen molar-refractivity contribution in [2.24, 2.45) is 5.73 Å². The molecule has 0 saturated heterocycles. The van der Waals surface area contributed by atoms with Gasteiger partial charge in [0.15, 0.2) is 9.84 Å². The molecule has 1 rings (SSSR count). The van der Waals surface area contributed by atoms with Crippen LogP contribution in [0, 0.1) is 0 Å². The molecule has 0 heterocycles. The van der Waals surface area contributed by atoms with Crippen LogP contribution < -0.4 is 5.73 Å². The molecule has 0 aliphatic carbocycles. The van der Waals surface area contributed by atoms with Crippen LogP contribution in [0.25, 0.3) is 0 Å². The quantitative estimate of drug-likeness (QED) is 0.735. The van der Waals surface area contributed by atoms with Gasteiger partial charge in [-0.2, -0.15) is 0 Å². The van der Waals surface area contributed by atoms with Crippen molar-refractivity contribution in [3.05, 3.63) is 29.8 Å². The summed E-state index contributed by atoms with van der Waals surface area (Å²) in [6.45, 7) is 5.30. The van der Waals surface area contributed by atoms with E-state index in [1.807, 2.05) is 18.7 Å². The van der Waals surface area contributed by atoms with Crippen LogP contribution >= 0.6 is 0 Å². The molecule has 6 heteroatoms. The van der Waals surface area contributed by atoms with E-state index in [1.54, 1.807) is 24.3 Å². The predicted molar refractivity (Wildman–Crippen MR) is 80.2 cm³/mol. The second-order valence-electron chi connectivity index (χ2n) is 5.02. The summed E-state index contributed by atoms with van der Waals surface area (Å²) in [5, 5.41) is 8.99. The predicted octanol–water partition coefficient (Wildman–Crippen LogP) is 0.622. The minimum atomic E-state index is -3.30. The SMILES string of the molecule is CC(C)N(CCO)CCS(=O)(=O)c1ccc(CN)cc1. The number of hydrogen-bond acceptors (Lipinski definition) is 5. The number of aliphatic hydroxyl groups excluding tert-OH is 1. The Hall–Kier alpha value is -0.950. The largest absolute Gasteiger partial charge is 0.395 e. The Labute approximate surface area is 121 Å². The van der Waals surface area contributed by atoms with Gasteiger partial charge in [-0.3, -0.25) is 4.90 Å². The number of benzene rings is 1. The molecule has 0 fully saturated rings. The van der Waals surface area contributed by atoms with Gasteiger partial charge in [-0.05, 0) is 31.5 Å². The van der Waals surface area contributed by atoms with Gasteiger partial charge in [-0.15, -0.1) is 0 Å². The first kappa shape index (κ1) is 17.1. The molecule has 1 aromatic carbocycles. The molecule has 0 aliphatic rings. The van der Waals surface area contributed by atoms with E-state index in [0.717, 1.165) is 5.56 Å². The highest BCUT2D eigenvalue weighted by Gasteiger charge is 2.17. The lowest BCUT2D eigenvalue weighted by atomic mass is 10.2. The van der Waals surface area contributed by atoms with Gasteiger partial charge in [0.2, 0.25) is 0 Å². The van der Waals surface area contributed by atoms with Crippen molar-refractivity contribution in [3.63, 3.8) is 0 Å². The van der Waals surface area contributed by atoms with Gasteiger partial charge in [0, 0.05) is 25.7 Å². The zero-order valence-electron chi connectivity index (χ0n) is 12.1. The fraction of sp³-hybridized carbons (Fsp3) is 0.571. The summed E-state index contributed by atoms with van der Waals surface area (Å²) in [6, 6.07) is 6.88. The lowest BCUT2D eigenvalue weighted by Gasteiger charge is -2.25. The molecule has 5 nitrogen and oxygen atoms in total. The molecule has 3 N–H and O–H groups in total. The molecule has 1 aromatic rings. The maximum atomic E-state index is 12.2. The maximum absolute atomic E-state index is 12.2. The Balaban J connectivity index is 2.73. The first-order valence-electron chi connectivity index (χ1n) is 6.77. The molecular weight excluding hydrogens is 276 g/mol. The van der Waals surface area contributed by atoms with Gasteiger partial charge in [0.25, 0.3) is 0 Å². The topological polar surface area (TPSA) is 83.6 Å². The van der Waals surface area contributed by atoms with Crippen LogP contribution in [0.15, 0.2) is 29.2 Å². The second kappa shape index (κ2) is 7.73. The van der Waals surface area contributed by atoms with E-state index in [1.165, 1.54) is 0 Å². The first-order valence-corrected chi connectivity index (χ1v) is 8.42. The molecular formula is C14H24N2O3S. The zero-order valence-corrected chi connectivity index (χ0v) is 12.9. The number of sulfone groups is 1. The van der Waals surface area contributed by atoms with Crippen molar-refractivity contribution in [1.82, 2.24) is 4.90 Å². The number of rotatable bonds is 8. The van der Waals surface area contributed by atoms with Crippen LogP contribution in [-0.2, 0) is 16.4 Å². The third-order valence-corrected chi connectivity index (χ3v) is 4.99. The van der Waals surface area contributed by atoms with Crippen molar-refractivity contribution in [3.8, 4) is 0 Å². The summed E-state index contributed by atoms with van der Waals surface area (Å²) in [6.07, 6.45) is 0. The highest BCUT2D eigenvalue weighted by atomic mass is 32.2. The number of aliphatic hydroxyl groups is 1. The molecule has 0 aliphatic heterocycles. The highest BCUT2D eigenvalue weighted by molar-refractivity contribution is 7.91. The lowest BCUT2D eigenvalue weighted by Crippen LogP contribution is -2.37. The van der Waals surface area contributed by atoms with Gasteiger partial charge in [0.1, 0.15) is 0 Å². The smallest absolute Gasteiger partial charge is 0.179 e. The van der Waals surface area contributed by atoms with E-state index >= 15 is 0 Å². The minimum Gasteiger partial charge on any atom is -0.395 e. The zero-order chi connectivity index (χ0) is 15.2. The van der Waals surface area contributed by atoms with E-state index in [9.17, 15) is 8.42 Å². The Bertz CT molecular complexity index is 498. The van der Waals surface area contributed by atoms with Gasteiger partial charge < -0.3 is 10.8 Å². The number of nitrogens with zero attached hydrogens (tertiary/aromatic N) is 1. The first-order chi connectivity index (χ1) is 9.40. The van der Waals surface area contributed by atoms with Crippen LogP contribution in [-0.4, -0.2) is 49.9 Å². The van der Waals surface area contributed by atoms with Gasteiger partial charge in [0.05, 0.1) is 17.3 Å². The molecule has 0 aromatic heterocycles. The summed E-state index contributed by atoms with van der Waals surface area (Å²) in [4.78, 5) is 2.27. The molecule has 0 unspecified atom stereocenters. The van der Waals surface area contributed by atoms with Gasteiger partial charge >= 0.3 is 0 Å². The average molecular weight is 300 g/mol. The number of nitrogens with two attached hydrogens (primary N) is 1. The summed E-state index contributed by atoms with van der Waals surface area (Å²) in [7, 11) is -3.30. The Morgan fingerprint density at radius 1 is 1.20 bits per heavy atom. The summed E-state index contributed by atoms with van der Waals surface area (Å²) >= 11 is 0. The van der Waals surface area contributed by atoms with Crippen LogP contribution in [0.1, 0.15) is 19.4 Å². The molecule has 114 valence electrons. The molecule has 0 bridgehead atoms. The summed E-state index contributed by atoms with van der Waals surface area (Å²) in [5.41, 5.74) is 6.40. The average Bonchev–Trinajstić information content (AvgIpc) is 2.43. The van der Waals surface area contributed by atoms with E-state index in [2.05, 4.69) is 0 Å². The van der Waals surface area contributed by atoms with Crippen molar-refractivity contribution in [1.29, 1.82) is 0 Å². The minimum absolute atomic E-state index is 0.0312. The van der Waals surface area contributed by atoms with Crippen LogP contribution in [0.3, 0.4) is 0 Å². The fourth-order valence-corrected chi connectivity index (χ4v) is 3.21. The van der Waals surface area contributed by atoms with E-state index in [0.29, 0.717) is 24.5 Å². The maximum Gasteiger partial charge on any atom is 0.179 e. The highest BCUT2D eigenvalue weighted by Crippen LogP contribution is 2.13. The Morgan fingerprint density at radius 3 is 2.25 bits per heavy atom. The Morgan fingerprint density at radius 2 is 1.80 bits per heavy atom. The van der Waals surface area contributed by atoms with Crippen molar-refractivity contribution < 1.29 is 13.5 Å². The Kier molecular flexibility index (Phi) is 6.61. The van der Waals surface area contributed by atoms with Crippen LogP contribution in [0.2, 0.25) is 0 Å². The molecule has 0 radical (unpaired) electrons. The van der Waals surface area contributed by atoms with Crippen LogP contribution in [0.5, 0.6) is 0 Å². The monoisotopic (exact) mass is 300 g/mol. The van der Waals surface area contributed by atoms with Gasteiger partial charge in [-0.1, -0.05) is 12.1 Å². The van der Waals surface area contributed by atoms with Crippen molar-refractivity contribution >= 4 is 9.84 Å². The third kappa shape index (κ3) is 4.86. The molecule has 20 heavy (non-hydrogen) atoms. The van der Waals surface area contributed by atoms with Crippen LogP contribution in [0.4, 0.5) is 0 Å². The van der Waals surface area contributed by atoms with E-state index in [-0.39, 0.29) is 18.4 Å². The second-order valence-corrected chi connectivity index (χ2v) is 7.13. The summed E-state index contributed by atoms with van der Waals surface area (Å²) < 4.78 is 24.5. The molecule has 0 atom stereocenters. The fourth-order valence-electron chi connectivity index (χ4n) is 1.94. The molecule has 0 spiro atoms. The van der Waals surface area contributed by atoms with Crippen molar-refractivity contribution in [2.45, 2.75) is 31.3 Å². The molecule has 0 saturated carbocycles. The van der Waals surface area contributed by atoms with E-state index in [4.69, 9.17) is 10.8 Å². The lowest BCUT2D eigenvalue weighted by molar-refractivity contribution is 0.173.